The van der Waals surface area contributed by atoms with E-state index in [1.807, 2.05) is 43.0 Å². The molecule has 2 fully saturated rings. The zero-order valence-electron chi connectivity index (χ0n) is 40.0. The van der Waals surface area contributed by atoms with E-state index in [1.54, 1.807) is 54.7 Å². The third-order valence-electron chi connectivity index (χ3n) is 14.9. The minimum atomic E-state index is -2.65. The van der Waals surface area contributed by atoms with Crippen molar-refractivity contribution in [2.45, 2.75) is 104 Å². The second-order valence-electron chi connectivity index (χ2n) is 19.6. The Labute approximate surface area is 393 Å². The molecule has 1 aliphatic carbocycles. The maximum Gasteiger partial charge on any atom is 0.438 e. The van der Waals surface area contributed by atoms with Crippen molar-refractivity contribution in [3.8, 4) is 17.2 Å². The first-order valence-electron chi connectivity index (χ1n) is 23.8. The van der Waals surface area contributed by atoms with E-state index in [0.717, 1.165) is 34.7 Å². The zero-order valence-corrected chi connectivity index (χ0v) is 40.9. The fourth-order valence-corrected chi connectivity index (χ4v) is 13.1. The molecular weight excluding hydrogens is 885 g/mol. The summed E-state index contributed by atoms with van der Waals surface area (Å²) in [7, 11) is -0.871. The van der Waals surface area contributed by atoms with Crippen LogP contribution in [0.2, 0.25) is 0 Å². The van der Waals surface area contributed by atoms with Gasteiger partial charge in [-0.2, -0.15) is 5.10 Å². The van der Waals surface area contributed by atoms with Crippen LogP contribution in [0.25, 0.3) is 28.1 Å². The maximum absolute atomic E-state index is 15.6. The Balaban J connectivity index is 1.10. The summed E-state index contributed by atoms with van der Waals surface area (Å²) in [5.41, 5.74) is 5.13. The van der Waals surface area contributed by atoms with Crippen LogP contribution in [0, 0.1) is 25.6 Å². The third kappa shape index (κ3) is 7.42. The molecule has 3 aliphatic rings. The number of ether oxygens (including phenoxy) is 1. The molecule has 0 unspecified atom stereocenters. The lowest BCUT2D eigenvalue weighted by molar-refractivity contribution is -0.0592. The van der Waals surface area contributed by atoms with E-state index >= 15 is 9.18 Å². The van der Waals surface area contributed by atoms with E-state index in [2.05, 4.69) is 59.0 Å². The maximum atomic E-state index is 15.6. The summed E-state index contributed by atoms with van der Waals surface area (Å²) in [5.74, 6) is -0.0935. The molecule has 7 aromatic rings. The van der Waals surface area contributed by atoms with Crippen molar-refractivity contribution >= 4 is 34.9 Å². The highest BCUT2D eigenvalue weighted by molar-refractivity contribution is 7.71. The van der Waals surface area contributed by atoms with Gasteiger partial charge < -0.3 is 24.1 Å². The molecule has 1 amide bonds. The molecule has 1 saturated carbocycles. The molecule has 6 heterocycles. The number of halogens is 1. The minimum absolute atomic E-state index is 0.0173. The summed E-state index contributed by atoms with van der Waals surface area (Å²) in [5, 5.41) is 14.2. The fourth-order valence-electron chi connectivity index (χ4n) is 11.1. The fraction of sp³-hybridized carbons (Fsp3) is 0.431. The first-order valence-corrected chi connectivity index (χ1v) is 25.8. The number of carbonyl (C=O) groups excluding carboxylic acids is 1. The average molecular weight is 944 g/mol. The Hall–Kier alpha value is -6.25. The number of hydrogen-bond donors (Lipinski definition) is 2. The summed E-state index contributed by atoms with van der Waals surface area (Å²) in [4.78, 5) is 47.5. The monoisotopic (exact) mass is 943 g/mol. The largest absolute Gasteiger partial charge is 0.438 e. The van der Waals surface area contributed by atoms with Crippen LogP contribution in [0.4, 0.5) is 10.1 Å². The molecule has 0 radical (unpaired) electrons. The van der Waals surface area contributed by atoms with Gasteiger partial charge in [-0.05, 0) is 137 Å². The van der Waals surface area contributed by atoms with Gasteiger partial charge in [0.25, 0.3) is 5.91 Å². The number of aryl methyl sites for hydroxylation is 3. The van der Waals surface area contributed by atoms with Gasteiger partial charge in [0.15, 0.2) is 5.82 Å². The number of nitrogens with one attached hydrogen (secondary N) is 2. The molecule has 15 nitrogen and oxygen atoms in total. The first-order chi connectivity index (χ1) is 32.5. The molecule has 0 bridgehead atoms. The number of rotatable bonds is 11. The van der Waals surface area contributed by atoms with E-state index in [-0.39, 0.29) is 41.4 Å². The van der Waals surface area contributed by atoms with Crippen LogP contribution in [0.15, 0.2) is 81.1 Å². The van der Waals surface area contributed by atoms with Gasteiger partial charge in [0.1, 0.15) is 30.0 Å². The highest BCUT2D eigenvalue weighted by Crippen LogP contribution is 2.56. The summed E-state index contributed by atoms with van der Waals surface area (Å²) in [6.45, 7) is 14.8. The molecule has 2 N–H and O–H groups in total. The number of H-pyrrole nitrogens is 1. The lowest BCUT2D eigenvalue weighted by Crippen LogP contribution is -2.35. The van der Waals surface area contributed by atoms with Gasteiger partial charge in [0, 0.05) is 72.4 Å². The van der Waals surface area contributed by atoms with Crippen molar-refractivity contribution in [3.05, 3.63) is 133 Å². The summed E-state index contributed by atoms with van der Waals surface area (Å²) >= 11 is 0. The van der Waals surface area contributed by atoms with Crippen molar-refractivity contribution in [2.24, 2.45) is 5.92 Å². The molecule has 0 spiro atoms. The van der Waals surface area contributed by atoms with E-state index in [9.17, 15) is 14.2 Å². The zero-order chi connectivity index (χ0) is 48.0. The lowest BCUT2D eigenvalue weighted by Gasteiger charge is -2.35. The Bertz CT molecular complexity index is 3290. The third-order valence-corrected chi connectivity index (χ3v) is 18.2. The van der Waals surface area contributed by atoms with E-state index in [0.29, 0.717) is 95.8 Å². The molecule has 4 aromatic heterocycles. The SMILES string of the molecule is CCP(=O)(CC)c1ccc(-n2ccn(-c3c4c(nn3-c3cc(C)c(F)c(C)c3)CCCN(C(=O)c3cc5cc([C@H]6CCOC(C)(C)C6)ccc5n3[C@@]3(c5noc(=O)[nH]5)C[C@@H]3C)C4)c2=O)cc1NC. The van der Waals surface area contributed by atoms with Gasteiger partial charge in [-0.25, -0.2) is 18.7 Å². The number of carbonyl (C=O) groups is 1. The number of anilines is 1. The van der Waals surface area contributed by atoms with Crippen LogP contribution in [-0.4, -0.2) is 82.6 Å². The summed E-state index contributed by atoms with van der Waals surface area (Å²) in [6, 6.07) is 17.3. The number of benzene rings is 3. The molecule has 68 heavy (non-hydrogen) atoms. The number of fused-ring (bicyclic) bond motifs is 2. The number of amides is 1. The van der Waals surface area contributed by atoms with Gasteiger partial charge in [-0.3, -0.25) is 23.4 Å². The molecule has 2 aliphatic heterocycles. The lowest BCUT2D eigenvalue weighted by atomic mass is 9.83. The van der Waals surface area contributed by atoms with E-state index < -0.39 is 18.4 Å². The van der Waals surface area contributed by atoms with Crippen molar-refractivity contribution in [1.82, 2.24) is 38.5 Å². The van der Waals surface area contributed by atoms with Gasteiger partial charge >= 0.3 is 11.4 Å². The first kappa shape index (κ1) is 45.5. The highest BCUT2D eigenvalue weighted by atomic mass is 31.2. The smallest absolute Gasteiger partial charge is 0.387 e. The highest BCUT2D eigenvalue weighted by Gasteiger charge is 2.59. The van der Waals surface area contributed by atoms with Crippen LogP contribution < -0.4 is 22.1 Å². The molecule has 1 saturated heterocycles. The summed E-state index contributed by atoms with van der Waals surface area (Å²) < 4.78 is 47.0. The molecule has 3 atom stereocenters. The summed E-state index contributed by atoms with van der Waals surface area (Å²) in [6.07, 6.45) is 7.92. The quantitative estimate of drug-likeness (QED) is 0.121. The van der Waals surface area contributed by atoms with Crippen molar-refractivity contribution in [2.75, 3.05) is 37.8 Å². The average Bonchev–Trinajstić information content (AvgIpc) is 3.71. The van der Waals surface area contributed by atoms with E-state index in [4.69, 9.17) is 14.4 Å². The van der Waals surface area contributed by atoms with Gasteiger partial charge in [0.05, 0.1) is 29.2 Å². The van der Waals surface area contributed by atoms with Crippen molar-refractivity contribution in [1.29, 1.82) is 0 Å². The second kappa shape index (κ2) is 16.8. The van der Waals surface area contributed by atoms with E-state index in [1.165, 1.54) is 10.1 Å². The van der Waals surface area contributed by atoms with Gasteiger partial charge in [-0.15, -0.1) is 0 Å². The Kier molecular flexibility index (Phi) is 11.2. The normalized spacial score (nSPS) is 20.4. The van der Waals surface area contributed by atoms with Crippen LogP contribution in [0.3, 0.4) is 0 Å². The van der Waals surface area contributed by atoms with Crippen molar-refractivity contribution < 1.29 is 23.0 Å². The molecular formula is C51H59FN9O6P. The van der Waals surface area contributed by atoms with Crippen LogP contribution >= 0.6 is 7.14 Å². The Morgan fingerprint density at radius 2 is 1.72 bits per heavy atom. The van der Waals surface area contributed by atoms with Gasteiger partial charge in [0.2, 0.25) is 0 Å². The Morgan fingerprint density at radius 1 is 0.985 bits per heavy atom. The topological polar surface area (TPSA) is 167 Å². The van der Waals surface area contributed by atoms with Gasteiger partial charge in [-0.1, -0.05) is 32.0 Å². The molecule has 17 heteroatoms. The van der Waals surface area contributed by atoms with Crippen LogP contribution in [0.5, 0.6) is 0 Å². The number of aromatic amines is 1. The number of imidazole rings is 1. The molecule has 10 rings (SSSR count). The molecule has 3 aromatic carbocycles. The predicted molar refractivity (Wildman–Crippen MR) is 261 cm³/mol. The van der Waals surface area contributed by atoms with Crippen LogP contribution in [0.1, 0.15) is 110 Å². The number of aromatic nitrogens is 7. The second-order valence-corrected chi connectivity index (χ2v) is 23.2. The minimum Gasteiger partial charge on any atom is -0.387 e. The predicted octanol–water partition coefficient (Wildman–Crippen LogP) is 8.32. The number of nitrogens with zero attached hydrogens (tertiary/aromatic N) is 7. The molecule has 356 valence electrons. The standard InChI is InChI=1S/C51H59FN9O6P/c1-9-68(65,10-2)43-16-14-36(26-40(43)53-8)58-19-20-59(49(58)64)45-38-29-57(18-11-12-39(38)55-61(45)37-22-30(3)44(52)31(4)23-37)46(62)42-25-35-24-33(34-17-21-66-50(6,7)28-34)13-15-41(35)60(42)51(27-32(51)5)47-54-48(63)67-56-47/h13-16,19-20,22-26,32,34,53H,9-12,17-18,21,27-29H2,1-8H3,(H,54,56,63)/t32-,34-,51-/m0/s1. The number of hydrogen-bond acceptors (Lipinski definition) is 9. The Morgan fingerprint density at radius 3 is 2.38 bits per heavy atom. The van der Waals surface area contributed by atoms with Crippen molar-refractivity contribution in [3.63, 3.8) is 0 Å². The van der Waals surface area contributed by atoms with Crippen LogP contribution in [-0.2, 0) is 27.8 Å².